The highest BCUT2D eigenvalue weighted by Crippen LogP contribution is 2.34. The summed E-state index contributed by atoms with van der Waals surface area (Å²) in [6, 6.07) is 10.1. The lowest BCUT2D eigenvalue weighted by atomic mass is 10.1. The van der Waals surface area contributed by atoms with E-state index in [1.807, 2.05) is 26.0 Å². The van der Waals surface area contributed by atoms with Gasteiger partial charge in [0, 0.05) is 5.69 Å². The summed E-state index contributed by atoms with van der Waals surface area (Å²) in [5.41, 5.74) is 3.34. The molecule has 0 unspecified atom stereocenters. The zero-order chi connectivity index (χ0) is 21.8. The molecule has 0 saturated carbocycles. The van der Waals surface area contributed by atoms with Crippen molar-refractivity contribution in [2.45, 2.75) is 20.8 Å². The number of amides is 3. The van der Waals surface area contributed by atoms with Gasteiger partial charge < -0.3 is 15.2 Å². The number of benzene rings is 2. The van der Waals surface area contributed by atoms with E-state index in [0.29, 0.717) is 23.6 Å². The van der Waals surface area contributed by atoms with Gasteiger partial charge in [-0.1, -0.05) is 12.1 Å². The van der Waals surface area contributed by atoms with E-state index in [2.05, 4.69) is 5.32 Å². The summed E-state index contributed by atoms with van der Waals surface area (Å²) < 4.78 is 5.33. The number of imide groups is 1. The van der Waals surface area contributed by atoms with Crippen molar-refractivity contribution in [3.63, 3.8) is 0 Å². The predicted octanol–water partition coefficient (Wildman–Crippen LogP) is 4.08. The van der Waals surface area contributed by atoms with Crippen molar-refractivity contribution >= 4 is 40.6 Å². The van der Waals surface area contributed by atoms with Gasteiger partial charge in [0.2, 0.25) is 5.91 Å². The number of hydrogen-bond donors (Lipinski definition) is 2. The van der Waals surface area contributed by atoms with Gasteiger partial charge in [-0.25, -0.2) is 0 Å². The fourth-order valence-corrected chi connectivity index (χ4v) is 3.68. The number of hydrogen-bond acceptors (Lipinski definition) is 6. The lowest BCUT2D eigenvalue weighted by Crippen LogP contribution is -2.36. The Kier molecular flexibility index (Phi) is 6.47. The first-order valence-electron chi connectivity index (χ1n) is 9.36. The van der Waals surface area contributed by atoms with Gasteiger partial charge in [-0.05, 0) is 79.6 Å². The van der Waals surface area contributed by atoms with E-state index >= 15 is 0 Å². The first-order chi connectivity index (χ1) is 14.3. The molecule has 1 saturated heterocycles. The van der Waals surface area contributed by atoms with Crippen molar-refractivity contribution < 1.29 is 24.2 Å². The molecule has 1 aliphatic heterocycles. The highest BCUT2D eigenvalue weighted by atomic mass is 32.2. The molecule has 0 spiro atoms. The Morgan fingerprint density at radius 2 is 1.93 bits per heavy atom. The Bertz CT molecular complexity index is 1050. The van der Waals surface area contributed by atoms with Crippen molar-refractivity contribution in [3.8, 4) is 11.5 Å². The van der Waals surface area contributed by atoms with Crippen LogP contribution in [-0.2, 0) is 9.59 Å². The zero-order valence-corrected chi connectivity index (χ0v) is 17.7. The first-order valence-corrected chi connectivity index (χ1v) is 10.2. The Morgan fingerprint density at radius 1 is 1.17 bits per heavy atom. The number of rotatable bonds is 6. The van der Waals surface area contributed by atoms with E-state index < -0.39 is 17.1 Å². The second kappa shape index (κ2) is 9.04. The van der Waals surface area contributed by atoms with E-state index in [0.717, 1.165) is 27.8 Å². The van der Waals surface area contributed by atoms with Crippen LogP contribution in [0.1, 0.15) is 23.6 Å². The van der Waals surface area contributed by atoms with Crippen LogP contribution in [0.4, 0.5) is 10.5 Å². The number of nitrogens with one attached hydrogen (secondary N) is 1. The summed E-state index contributed by atoms with van der Waals surface area (Å²) in [5.74, 6) is -0.709. The molecule has 1 heterocycles. The molecule has 2 N–H and O–H groups in total. The molecule has 2 aromatic rings. The molecule has 156 valence electrons. The summed E-state index contributed by atoms with van der Waals surface area (Å²) in [4.78, 5) is 38.4. The van der Waals surface area contributed by atoms with E-state index in [-0.39, 0.29) is 17.2 Å². The summed E-state index contributed by atoms with van der Waals surface area (Å²) in [6.07, 6.45) is 1.54. The van der Waals surface area contributed by atoms with Crippen LogP contribution >= 0.6 is 11.8 Å². The molecular weight excluding hydrogens is 404 g/mol. The first kappa shape index (κ1) is 21.4. The van der Waals surface area contributed by atoms with Crippen LogP contribution in [0.5, 0.6) is 11.5 Å². The molecule has 0 aliphatic carbocycles. The van der Waals surface area contributed by atoms with Crippen molar-refractivity contribution in [1.29, 1.82) is 0 Å². The lowest BCUT2D eigenvalue weighted by Gasteiger charge is -2.13. The molecule has 3 amide bonds. The molecule has 8 heteroatoms. The molecule has 1 fully saturated rings. The minimum absolute atomic E-state index is 0.00915. The zero-order valence-electron chi connectivity index (χ0n) is 16.9. The minimum Gasteiger partial charge on any atom is -0.504 e. The fraction of sp³-hybridized carbons (Fsp3) is 0.227. The number of thioether (sulfide) groups is 1. The maximum atomic E-state index is 12.6. The van der Waals surface area contributed by atoms with E-state index in [4.69, 9.17) is 4.74 Å². The van der Waals surface area contributed by atoms with Gasteiger partial charge in [0.15, 0.2) is 11.5 Å². The summed E-state index contributed by atoms with van der Waals surface area (Å²) in [7, 11) is 0. The Morgan fingerprint density at radius 3 is 2.63 bits per heavy atom. The standard InChI is InChI=1S/C22H22N2O5S/c1-4-29-18-10-15(6-8-17(18)25)11-19-21(27)24(22(28)30-19)12-20(26)23-16-7-5-13(2)14(3)9-16/h5-11,25H,4,12H2,1-3H3,(H,23,26). The number of carbonyl (C=O) groups is 3. The third-order valence-electron chi connectivity index (χ3n) is 4.55. The maximum absolute atomic E-state index is 12.6. The van der Waals surface area contributed by atoms with E-state index in [1.165, 1.54) is 12.1 Å². The Hall–Kier alpha value is -3.26. The van der Waals surface area contributed by atoms with Crippen molar-refractivity contribution in [1.82, 2.24) is 4.90 Å². The third-order valence-corrected chi connectivity index (χ3v) is 5.45. The minimum atomic E-state index is -0.536. The molecule has 0 bridgehead atoms. The van der Waals surface area contributed by atoms with Crippen LogP contribution < -0.4 is 10.1 Å². The summed E-state index contributed by atoms with van der Waals surface area (Å²) >= 11 is 0.768. The van der Waals surface area contributed by atoms with E-state index in [9.17, 15) is 19.5 Å². The quantitative estimate of drug-likeness (QED) is 0.676. The van der Waals surface area contributed by atoms with Gasteiger partial charge in [0.05, 0.1) is 11.5 Å². The number of aryl methyl sites for hydroxylation is 2. The molecule has 1 aliphatic rings. The van der Waals surface area contributed by atoms with Gasteiger partial charge in [0.25, 0.3) is 11.1 Å². The SMILES string of the molecule is CCOc1cc(C=C2SC(=O)N(CC(=O)Nc3ccc(C)c(C)c3)C2=O)ccc1O. The lowest BCUT2D eigenvalue weighted by molar-refractivity contribution is -0.127. The molecular formula is C22H22N2O5S. The highest BCUT2D eigenvalue weighted by molar-refractivity contribution is 8.18. The van der Waals surface area contributed by atoms with Gasteiger partial charge in [-0.3, -0.25) is 19.3 Å². The van der Waals surface area contributed by atoms with Crippen molar-refractivity contribution in [2.75, 3.05) is 18.5 Å². The smallest absolute Gasteiger partial charge is 0.294 e. The largest absolute Gasteiger partial charge is 0.504 e. The molecule has 3 rings (SSSR count). The van der Waals surface area contributed by atoms with Crippen LogP contribution in [0.25, 0.3) is 6.08 Å². The number of phenolic OH excluding ortho intramolecular Hbond substituents is 1. The van der Waals surface area contributed by atoms with Gasteiger partial charge >= 0.3 is 0 Å². The fourth-order valence-electron chi connectivity index (χ4n) is 2.84. The highest BCUT2D eigenvalue weighted by Gasteiger charge is 2.36. The van der Waals surface area contributed by atoms with Gasteiger partial charge in [-0.15, -0.1) is 0 Å². The van der Waals surface area contributed by atoms with E-state index in [1.54, 1.807) is 25.1 Å². The third kappa shape index (κ3) is 4.83. The molecule has 0 aromatic heterocycles. The predicted molar refractivity (Wildman–Crippen MR) is 116 cm³/mol. The van der Waals surface area contributed by atoms with Gasteiger partial charge in [-0.2, -0.15) is 0 Å². The van der Waals surface area contributed by atoms with Crippen LogP contribution in [0.15, 0.2) is 41.3 Å². The second-order valence-electron chi connectivity index (χ2n) is 6.78. The monoisotopic (exact) mass is 426 g/mol. The average molecular weight is 426 g/mol. The number of anilines is 1. The molecule has 2 aromatic carbocycles. The maximum Gasteiger partial charge on any atom is 0.294 e. The molecule has 0 radical (unpaired) electrons. The number of carbonyl (C=O) groups excluding carboxylic acids is 3. The molecule has 7 nitrogen and oxygen atoms in total. The average Bonchev–Trinajstić information content (AvgIpc) is 2.95. The van der Waals surface area contributed by atoms with Crippen molar-refractivity contribution in [3.05, 3.63) is 58.0 Å². The number of nitrogens with zero attached hydrogens (tertiary/aromatic N) is 1. The van der Waals surface area contributed by atoms with Crippen LogP contribution in [0.2, 0.25) is 0 Å². The molecule has 0 atom stereocenters. The Balaban J connectivity index is 1.71. The number of phenols is 1. The van der Waals surface area contributed by atoms with Crippen molar-refractivity contribution in [2.24, 2.45) is 0 Å². The topological polar surface area (TPSA) is 95.9 Å². The molecule has 30 heavy (non-hydrogen) atoms. The summed E-state index contributed by atoms with van der Waals surface area (Å²) in [6.45, 7) is 5.71. The Labute approximate surface area is 178 Å². The number of ether oxygens (including phenoxy) is 1. The van der Waals surface area contributed by atoms with Crippen LogP contribution in [0, 0.1) is 13.8 Å². The number of aromatic hydroxyl groups is 1. The second-order valence-corrected chi connectivity index (χ2v) is 7.77. The van der Waals surface area contributed by atoms with Gasteiger partial charge in [0.1, 0.15) is 6.54 Å². The van der Waals surface area contributed by atoms with Crippen LogP contribution in [0.3, 0.4) is 0 Å². The summed E-state index contributed by atoms with van der Waals surface area (Å²) in [5, 5.41) is 12.0. The van der Waals surface area contributed by atoms with Crippen LogP contribution in [-0.4, -0.2) is 40.2 Å². The normalized spacial score (nSPS) is 15.0.